The molecule has 0 bridgehead atoms. The van der Waals surface area contributed by atoms with Gasteiger partial charge in [-0.15, -0.1) is 0 Å². The van der Waals surface area contributed by atoms with Gasteiger partial charge in [0.15, 0.2) is 0 Å². The number of phenols is 1. The van der Waals surface area contributed by atoms with Gasteiger partial charge < -0.3 is 10.0 Å². The minimum absolute atomic E-state index is 0.0902. The Kier molecular flexibility index (Phi) is 4.21. The Labute approximate surface area is 122 Å². The quantitative estimate of drug-likeness (QED) is 0.944. The predicted octanol–water partition coefficient (Wildman–Crippen LogP) is 2.99. The lowest BCUT2D eigenvalue weighted by Crippen LogP contribution is -2.26. The third kappa shape index (κ3) is 3.02. The molecule has 0 atom stereocenters. The molecule has 0 saturated heterocycles. The molecule has 2 rings (SSSR count). The number of halogens is 1. The maximum Gasteiger partial charge on any atom is 0.255 e. The number of rotatable bonds is 3. The van der Waals surface area contributed by atoms with Crippen LogP contribution >= 0.6 is 0 Å². The molecule has 1 amide bonds. The number of pyridine rings is 1. The molecule has 0 aliphatic carbocycles. The van der Waals surface area contributed by atoms with Crippen LogP contribution in [0.5, 0.6) is 5.75 Å². The lowest BCUT2D eigenvalue weighted by molar-refractivity contribution is 0.0802. The first kappa shape index (κ1) is 15.0. The van der Waals surface area contributed by atoms with Crippen molar-refractivity contribution in [3.63, 3.8) is 0 Å². The molecule has 4 nitrogen and oxygen atoms in total. The van der Waals surface area contributed by atoms with Crippen molar-refractivity contribution in [1.29, 1.82) is 0 Å². The second-order valence-corrected chi connectivity index (χ2v) is 4.87. The Morgan fingerprint density at radius 2 is 2.10 bits per heavy atom. The molecule has 0 aliphatic rings. The first-order valence-corrected chi connectivity index (χ1v) is 6.65. The van der Waals surface area contributed by atoms with Gasteiger partial charge in [0.05, 0.1) is 11.3 Å². The summed E-state index contributed by atoms with van der Waals surface area (Å²) in [4.78, 5) is 17.7. The van der Waals surface area contributed by atoms with Crippen LogP contribution < -0.4 is 0 Å². The molecule has 21 heavy (non-hydrogen) atoms. The number of aryl methyl sites for hydroxylation is 1. The molecular weight excluding hydrogens is 271 g/mol. The summed E-state index contributed by atoms with van der Waals surface area (Å²) < 4.78 is 13.9. The van der Waals surface area contributed by atoms with Crippen molar-refractivity contribution in [3.05, 3.63) is 47.4 Å². The summed E-state index contributed by atoms with van der Waals surface area (Å²) in [7, 11) is 1.71. The summed E-state index contributed by atoms with van der Waals surface area (Å²) in [6, 6.07) is 5.83. The Bertz CT molecular complexity index is 669. The third-order valence-corrected chi connectivity index (χ3v) is 3.39. The van der Waals surface area contributed by atoms with Gasteiger partial charge in [0.2, 0.25) is 0 Å². The second kappa shape index (κ2) is 5.91. The highest BCUT2D eigenvalue weighted by Crippen LogP contribution is 2.27. The van der Waals surface area contributed by atoms with Crippen LogP contribution in [-0.4, -0.2) is 34.5 Å². The lowest BCUT2D eigenvalue weighted by Gasteiger charge is -2.14. The number of nitrogens with zero attached hydrogens (tertiary/aromatic N) is 2. The van der Waals surface area contributed by atoms with E-state index in [0.717, 1.165) is 6.07 Å². The Balaban J connectivity index is 2.36. The first-order chi connectivity index (χ1) is 9.93. The number of amides is 1. The number of hydrogen-bond acceptors (Lipinski definition) is 3. The minimum atomic E-state index is -0.546. The second-order valence-electron chi connectivity index (χ2n) is 4.87. The molecule has 0 saturated carbocycles. The van der Waals surface area contributed by atoms with Crippen LogP contribution in [-0.2, 0) is 0 Å². The van der Waals surface area contributed by atoms with Gasteiger partial charge in [-0.05, 0) is 37.6 Å². The topological polar surface area (TPSA) is 53.4 Å². The highest BCUT2D eigenvalue weighted by molar-refractivity contribution is 5.94. The molecule has 1 heterocycles. The van der Waals surface area contributed by atoms with Crippen LogP contribution in [0.4, 0.5) is 4.39 Å². The van der Waals surface area contributed by atoms with E-state index in [0.29, 0.717) is 28.9 Å². The standard InChI is InChI=1S/C16H17FN2O2/c1-4-19(3)16(21)11-5-6-14(18-9-11)12-7-10(2)15(20)8-13(12)17/h5-9,20H,4H2,1-3H3. The van der Waals surface area contributed by atoms with Crippen LogP contribution in [0.3, 0.4) is 0 Å². The number of benzene rings is 1. The van der Waals surface area contributed by atoms with Crippen molar-refractivity contribution in [2.75, 3.05) is 13.6 Å². The van der Waals surface area contributed by atoms with E-state index >= 15 is 0 Å². The monoisotopic (exact) mass is 288 g/mol. The average Bonchev–Trinajstić information content (AvgIpc) is 2.49. The zero-order chi connectivity index (χ0) is 15.6. The fraction of sp³-hybridized carbons (Fsp3) is 0.250. The normalized spacial score (nSPS) is 10.5. The molecule has 0 radical (unpaired) electrons. The Morgan fingerprint density at radius 1 is 1.38 bits per heavy atom. The number of carbonyl (C=O) groups excluding carboxylic acids is 1. The van der Waals surface area contributed by atoms with Gasteiger partial charge in [-0.3, -0.25) is 9.78 Å². The molecule has 0 unspecified atom stereocenters. The maximum absolute atomic E-state index is 13.9. The van der Waals surface area contributed by atoms with E-state index < -0.39 is 5.82 Å². The SMILES string of the molecule is CCN(C)C(=O)c1ccc(-c2cc(C)c(O)cc2F)nc1. The van der Waals surface area contributed by atoms with Gasteiger partial charge in [-0.25, -0.2) is 4.39 Å². The van der Waals surface area contributed by atoms with Crippen molar-refractivity contribution in [3.8, 4) is 17.0 Å². The Hall–Kier alpha value is -2.43. The van der Waals surface area contributed by atoms with Crippen molar-refractivity contribution >= 4 is 5.91 Å². The summed E-state index contributed by atoms with van der Waals surface area (Å²) in [6.07, 6.45) is 1.44. The summed E-state index contributed by atoms with van der Waals surface area (Å²) in [5.74, 6) is -0.762. The number of phenolic OH excluding ortho intramolecular Hbond substituents is 1. The number of aromatic hydroxyl groups is 1. The van der Waals surface area contributed by atoms with Crippen molar-refractivity contribution in [2.45, 2.75) is 13.8 Å². The van der Waals surface area contributed by atoms with E-state index in [9.17, 15) is 14.3 Å². The fourth-order valence-electron chi connectivity index (χ4n) is 1.91. The Morgan fingerprint density at radius 3 is 2.67 bits per heavy atom. The third-order valence-electron chi connectivity index (χ3n) is 3.39. The van der Waals surface area contributed by atoms with E-state index in [4.69, 9.17) is 0 Å². The molecule has 5 heteroatoms. The van der Waals surface area contributed by atoms with E-state index in [1.807, 2.05) is 6.92 Å². The molecule has 110 valence electrons. The van der Waals surface area contributed by atoms with Gasteiger partial charge in [0.25, 0.3) is 5.91 Å². The fourth-order valence-corrected chi connectivity index (χ4v) is 1.91. The van der Waals surface area contributed by atoms with Gasteiger partial charge >= 0.3 is 0 Å². The summed E-state index contributed by atoms with van der Waals surface area (Å²) in [5, 5.41) is 9.47. The van der Waals surface area contributed by atoms with Gasteiger partial charge in [-0.1, -0.05) is 0 Å². The van der Waals surface area contributed by atoms with Crippen molar-refractivity contribution < 1.29 is 14.3 Å². The van der Waals surface area contributed by atoms with Crippen LogP contribution in [0.1, 0.15) is 22.8 Å². The number of aromatic nitrogens is 1. The van der Waals surface area contributed by atoms with Crippen LogP contribution in [0, 0.1) is 12.7 Å². The zero-order valence-corrected chi connectivity index (χ0v) is 12.2. The van der Waals surface area contributed by atoms with E-state index in [2.05, 4.69) is 4.98 Å². The molecule has 1 aromatic carbocycles. The zero-order valence-electron chi connectivity index (χ0n) is 12.2. The van der Waals surface area contributed by atoms with E-state index in [1.54, 1.807) is 31.0 Å². The van der Waals surface area contributed by atoms with E-state index in [1.165, 1.54) is 12.3 Å². The highest BCUT2D eigenvalue weighted by Gasteiger charge is 2.13. The summed E-state index contributed by atoms with van der Waals surface area (Å²) in [6.45, 7) is 4.17. The lowest BCUT2D eigenvalue weighted by atomic mass is 10.1. The largest absolute Gasteiger partial charge is 0.508 e. The number of hydrogen-bond donors (Lipinski definition) is 1. The molecule has 0 fully saturated rings. The minimum Gasteiger partial charge on any atom is -0.508 e. The van der Waals surface area contributed by atoms with Gasteiger partial charge in [0, 0.05) is 31.4 Å². The first-order valence-electron chi connectivity index (χ1n) is 6.65. The van der Waals surface area contributed by atoms with Crippen LogP contribution in [0.25, 0.3) is 11.3 Å². The van der Waals surface area contributed by atoms with E-state index in [-0.39, 0.29) is 11.7 Å². The average molecular weight is 288 g/mol. The summed E-state index contributed by atoms with van der Waals surface area (Å²) >= 11 is 0. The molecular formula is C16H17FN2O2. The van der Waals surface area contributed by atoms with Crippen molar-refractivity contribution in [1.82, 2.24) is 9.88 Å². The summed E-state index contributed by atoms with van der Waals surface area (Å²) in [5.41, 5.74) is 1.75. The predicted molar refractivity (Wildman–Crippen MR) is 78.7 cm³/mol. The maximum atomic E-state index is 13.9. The molecule has 0 aliphatic heterocycles. The van der Waals surface area contributed by atoms with Crippen LogP contribution in [0.2, 0.25) is 0 Å². The van der Waals surface area contributed by atoms with Gasteiger partial charge in [0.1, 0.15) is 11.6 Å². The molecule has 0 spiro atoms. The highest BCUT2D eigenvalue weighted by atomic mass is 19.1. The number of carbonyl (C=O) groups is 1. The van der Waals surface area contributed by atoms with Crippen molar-refractivity contribution in [2.24, 2.45) is 0 Å². The molecule has 1 N–H and O–H groups in total. The van der Waals surface area contributed by atoms with Gasteiger partial charge in [-0.2, -0.15) is 0 Å². The smallest absolute Gasteiger partial charge is 0.255 e. The molecule has 1 aromatic heterocycles. The van der Waals surface area contributed by atoms with Crippen LogP contribution in [0.15, 0.2) is 30.5 Å². The molecule has 2 aromatic rings.